The molecule has 0 bridgehead atoms. The van der Waals surface area contributed by atoms with Gasteiger partial charge in [0.25, 0.3) is 11.6 Å². The van der Waals surface area contributed by atoms with Crippen molar-refractivity contribution in [3.05, 3.63) is 68.2 Å². The molecule has 0 atom stereocenters. The minimum atomic E-state index is -1.28. The van der Waals surface area contributed by atoms with Crippen molar-refractivity contribution < 1.29 is 28.0 Å². The zero-order valence-corrected chi connectivity index (χ0v) is 14.0. The lowest BCUT2D eigenvalue weighted by Crippen LogP contribution is -2.21. The molecule has 0 heterocycles. The number of nitro groups is 1. The van der Waals surface area contributed by atoms with Crippen molar-refractivity contribution >= 4 is 34.9 Å². The number of amides is 1. The van der Waals surface area contributed by atoms with Gasteiger partial charge in [-0.1, -0.05) is 11.6 Å². The second kappa shape index (κ2) is 7.87. The molecule has 0 aliphatic rings. The highest BCUT2D eigenvalue weighted by Crippen LogP contribution is 2.22. The van der Waals surface area contributed by atoms with E-state index in [0.29, 0.717) is 23.4 Å². The standard InChI is InChI=1S/C16H11ClF2N2O5/c1-8-4-9(21(24)25)2-3-14(8)20-15(22)7-26-16(23)10-5-12(18)13(19)6-11(10)17/h2-6H,7H2,1H3,(H,20,22). The Hall–Kier alpha value is -3.07. The molecule has 1 amide bonds. The van der Waals surface area contributed by atoms with Crippen molar-refractivity contribution in [2.75, 3.05) is 11.9 Å². The number of aryl methyl sites for hydroxylation is 1. The van der Waals surface area contributed by atoms with Gasteiger partial charge in [0.1, 0.15) is 0 Å². The number of non-ortho nitro benzene ring substituents is 1. The van der Waals surface area contributed by atoms with E-state index < -0.39 is 40.6 Å². The van der Waals surface area contributed by atoms with Gasteiger partial charge in [0, 0.05) is 17.8 Å². The van der Waals surface area contributed by atoms with Crippen molar-refractivity contribution in [3.8, 4) is 0 Å². The van der Waals surface area contributed by atoms with Gasteiger partial charge < -0.3 is 10.1 Å². The van der Waals surface area contributed by atoms with Crippen LogP contribution >= 0.6 is 11.6 Å². The smallest absolute Gasteiger partial charge is 0.340 e. The Balaban J connectivity index is 2.00. The second-order valence-corrected chi connectivity index (χ2v) is 5.53. The quantitative estimate of drug-likeness (QED) is 0.367. The number of nitrogens with zero attached hydrogens (tertiary/aromatic N) is 1. The number of esters is 1. The molecule has 7 nitrogen and oxygen atoms in total. The summed E-state index contributed by atoms with van der Waals surface area (Å²) in [6.07, 6.45) is 0. The highest BCUT2D eigenvalue weighted by molar-refractivity contribution is 6.33. The van der Waals surface area contributed by atoms with Crippen molar-refractivity contribution in [3.63, 3.8) is 0 Å². The Kier molecular flexibility index (Phi) is 5.83. The Morgan fingerprint density at radius 1 is 1.23 bits per heavy atom. The minimum Gasteiger partial charge on any atom is -0.452 e. The van der Waals surface area contributed by atoms with E-state index in [1.807, 2.05) is 0 Å². The number of carbonyl (C=O) groups excluding carboxylic acids is 2. The molecular weight excluding hydrogens is 374 g/mol. The van der Waals surface area contributed by atoms with Gasteiger partial charge in [-0.25, -0.2) is 13.6 Å². The van der Waals surface area contributed by atoms with Gasteiger partial charge >= 0.3 is 5.97 Å². The number of rotatable bonds is 5. The SMILES string of the molecule is Cc1cc([N+](=O)[O-])ccc1NC(=O)COC(=O)c1cc(F)c(F)cc1Cl. The summed E-state index contributed by atoms with van der Waals surface area (Å²) in [6.45, 7) is 0.834. The first kappa shape index (κ1) is 19.3. The first-order chi connectivity index (χ1) is 12.2. The fourth-order valence-corrected chi connectivity index (χ4v) is 2.20. The van der Waals surface area contributed by atoms with Crippen LogP contribution in [0.15, 0.2) is 30.3 Å². The van der Waals surface area contributed by atoms with Crippen LogP contribution in [-0.2, 0) is 9.53 Å². The topological polar surface area (TPSA) is 98.5 Å². The van der Waals surface area contributed by atoms with Crippen LogP contribution in [0.2, 0.25) is 5.02 Å². The summed E-state index contributed by atoms with van der Waals surface area (Å²) in [4.78, 5) is 33.8. The van der Waals surface area contributed by atoms with E-state index in [-0.39, 0.29) is 10.7 Å². The predicted molar refractivity (Wildman–Crippen MR) is 88.1 cm³/mol. The molecule has 2 rings (SSSR count). The van der Waals surface area contributed by atoms with Crippen LogP contribution in [0.25, 0.3) is 0 Å². The van der Waals surface area contributed by atoms with Crippen LogP contribution in [0.1, 0.15) is 15.9 Å². The molecule has 0 aromatic heterocycles. The average molecular weight is 385 g/mol. The third-order valence-electron chi connectivity index (χ3n) is 3.26. The van der Waals surface area contributed by atoms with Crippen LogP contribution in [0.5, 0.6) is 0 Å². The molecule has 0 fully saturated rings. The van der Waals surface area contributed by atoms with Crippen LogP contribution < -0.4 is 5.32 Å². The summed E-state index contributed by atoms with van der Waals surface area (Å²) in [5.74, 6) is -4.34. The zero-order chi connectivity index (χ0) is 19.4. The van der Waals surface area contributed by atoms with Crippen molar-refractivity contribution in [2.24, 2.45) is 0 Å². The lowest BCUT2D eigenvalue weighted by atomic mass is 10.2. The maximum Gasteiger partial charge on any atom is 0.340 e. The highest BCUT2D eigenvalue weighted by atomic mass is 35.5. The van der Waals surface area contributed by atoms with Crippen LogP contribution in [0.3, 0.4) is 0 Å². The average Bonchev–Trinajstić information content (AvgIpc) is 2.57. The van der Waals surface area contributed by atoms with Gasteiger partial charge in [-0.2, -0.15) is 0 Å². The van der Waals surface area contributed by atoms with Gasteiger partial charge in [0.15, 0.2) is 18.2 Å². The maximum atomic E-state index is 13.2. The van der Waals surface area contributed by atoms with E-state index in [1.165, 1.54) is 18.2 Å². The number of benzene rings is 2. The number of hydrogen-bond acceptors (Lipinski definition) is 5. The summed E-state index contributed by atoms with van der Waals surface area (Å²) >= 11 is 5.64. The molecule has 2 aromatic rings. The van der Waals surface area contributed by atoms with E-state index in [1.54, 1.807) is 6.92 Å². The summed E-state index contributed by atoms with van der Waals surface area (Å²) in [5, 5.41) is 12.7. The first-order valence-electron chi connectivity index (χ1n) is 7.05. The molecule has 136 valence electrons. The molecule has 0 saturated heterocycles. The fraction of sp³-hybridized carbons (Fsp3) is 0.125. The van der Waals surface area contributed by atoms with E-state index in [2.05, 4.69) is 5.32 Å². The Morgan fingerprint density at radius 3 is 2.50 bits per heavy atom. The lowest BCUT2D eigenvalue weighted by molar-refractivity contribution is -0.384. The van der Waals surface area contributed by atoms with Gasteiger partial charge in [-0.15, -0.1) is 0 Å². The monoisotopic (exact) mass is 384 g/mol. The lowest BCUT2D eigenvalue weighted by Gasteiger charge is -2.09. The number of nitro benzene ring substituents is 1. The third-order valence-corrected chi connectivity index (χ3v) is 3.57. The van der Waals surface area contributed by atoms with E-state index in [4.69, 9.17) is 16.3 Å². The van der Waals surface area contributed by atoms with Crippen molar-refractivity contribution in [2.45, 2.75) is 6.92 Å². The molecule has 0 spiro atoms. The summed E-state index contributed by atoms with van der Waals surface area (Å²) < 4.78 is 30.9. The highest BCUT2D eigenvalue weighted by Gasteiger charge is 2.18. The largest absolute Gasteiger partial charge is 0.452 e. The summed E-state index contributed by atoms with van der Waals surface area (Å²) in [7, 11) is 0. The molecule has 0 radical (unpaired) electrons. The third kappa shape index (κ3) is 4.51. The summed E-state index contributed by atoms with van der Waals surface area (Å²) in [5.41, 5.74) is 0.162. The normalized spacial score (nSPS) is 10.3. The Labute approximate surface area is 150 Å². The van der Waals surface area contributed by atoms with Gasteiger partial charge in [0.05, 0.1) is 15.5 Å². The Bertz CT molecular complexity index is 904. The molecule has 1 N–H and O–H groups in total. The van der Waals surface area contributed by atoms with Crippen LogP contribution in [0.4, 0.5) is 20.2 Å². The molecule has 0 aliphatic heterocycles. The van der Waals surface area contributed by atoms with Gasteiger partial charge in [-0.05, 0) is 30.7 Å². The molecular formula is C16H11ClF2N2O5. The second-order valence-electron chi connectivity index (χ2n) is 5.13. The molecule has 0 saturated carbocycles. The van der Waals surface area contributed by atoms with Crippen molar-refractivity contribution in [1.29, 1.82) is 0 Å². The van der Waals surface area contributed by atoms with Gasteiger partial charge in [0.2, 0.25) is 0 Å². The van der Waals surface area contributed by atoms with Crippen LogP contribution in [0, 0.1) is 28.7 Å². The van der Waals surface area contributed by atoms with E-state index in [9.17, 15) is 28.5 Å². The zero-order valence-electron chi connectivity index (χ0n) is 13.2. The Morgan fingerprint density at radius 2 is 1.88 bits per heavy atom. The minimum absolute atomic E-state index is 0.139. The van der Waals surface area contributed by atoms with Gasteiger partial charge in [-0.3, -0.25) is 14.9 Å². The number of nitrogens with one attached hydrogen (secondary N) is 1. The number of carbonyl (C=O) groups is 2. The number of hydrogen-bond donors (Lipinski definition) is 1. The number of halogens is 3. The molecule has 26 heavy (non-hydrogen) atoms. The van der Waals surface area contributed by atoms with E-state index >= 15 is 0 Å². The van der Waals surface area contributed by atoms with Crippen molar-refractivity contribution in [1.82, 2.24) is 0 Å². The molecule has 10 heteroatoms. The van der Waals surface area contributed by atoms with Crippen LogP contribution in [-0.4, -0.2) is 23.4 Å². The molecule has 0 unspecified atom stereocenters. The molecule has 2 aromatic carbocycles. The molecule has 0 aliphatic carbocycles. The number of anilines is 1. The predicted octanol–water partition coefficient (Wildman–Crippen LogP) is 3.63. The number of ether oxygens (including phenoxy) is 1. The summed E-state index contributed by atoms with van der Waals surface area (Å²) in [6, 6.07) is 4.99. The first-order valence-corrected chi connectivity index (χ1v) is 7.43. The maximum absolute atomic E-state index is 13.2. The fourth-order valence-electron chi connectivity index (χ4n) is 1.98. The van der Waals surface area contributed by atoms with E-state index in [0.717, 1.165) is 0 Å².